The lowest BCUT2D eigenvalue weighted by atomic mass is 10.2. The maximum atomic E-state index is 9.77. The van der Waals surface area contributed by atoms with Crippen LogP contribution in [-0.2, 0) is 13.2 Å². The molecule has 146 valence electrons. The van der Waals surface area contributed by atoms with E-state index in [0.717, 1.165) is 36.6 Å². The number of aliphatic imine (C=N–C) groups is 1. The van der Waals surface area contributed by atoms with Crippen LogP contribution >= 0.6 is 24.0 Å². The summed E-state index contributed by atoms with van der Waals surface area (Å²) in [5, 5.41) is 13.1. The van der Waals surface area contributed by atoms with E-state index in [4.69, 9.17) is 9.73 Å². The van der Waals surface area contributed by atoms with Gasteiger partial charge in [0.1, 0.15) is 6.61 Å². The van der Waals surface area contributed by atoms with Crippen LogP contribution < -0.4 is 10.1 Å². The molecular formula is C20H27IN4O2. The highest BCUT2D eigenvalue weighted by atomic mass is 127. The Morgan fingerprint density at radius 3 is 2.81 bits per heavy atom. The second kappa shape index (κ2) is 11.1. The van der Waals surface area contributed by atoms with E-state index in [0.29, 0.717) is 25.6 Å². The predicted molar refractivity (Wildman–Crippen MR) is 117 cm³/mol. The molecule has 1 aliphatic heterocycles. The van der Waals surface area contributed by atoms with Gasteiger partial charge in [-0.3, -0.25) is 0 Å². The van der Waals surface area contributed by atoms with E-state index in [1.54, 1.807) is 6.20 Å². The van der Waals surface area contributed by atoms with Crippen LogP contribution in [0, 0.1) is 0 Å². The number of nitrogens with one attached hydrogen (secondary N) is 1. The average Bonchev–Trinajstić information content (AvgIpc) is 3.11. The first-order valence-electron chi connectivity index (χ1n) is 9.08. The summed E-state index contributed by atoms with van der Waals surface area (Å²) in [6.45, 7) is 5.23. The summed E-state index contributed by atoms with van der Waals surface area (Å²) < 4.78 is 5.90. The number of aromatic nitrogens is 1. The molecule has 1 atom stereocenters. The van der Waals surface area contributed by atoms with E-state index >= 15 is 0 Å². The van der Waals surface area contributed by atoms with Gasteiger partial charge in [-0.15, -0.1) is 24.0 Å². The first-order valence-corrected chi connectivity index (χ1v) is 9.08. The number of aliphatic hydroxyl groups excluding tert-OH is 1. The highest BCUT2D eigenvalue weighted by Gasteiger charge is 2.22. The molecule has 6 nitrogen and oxygen atoms in total. The number of nitrogens with zero attached hydrogens (tertiary/aromatic N) is 3. The Kier molecular flexibility index (Phi) is 8.80. The van der Waals surface area contributed by atoms with Gasteiger partial charge in [-0.1, -0.05) is 36.4 Å². The Balaban J connectivity index is 0.00000261. The first kappa shape index (κ1) is 21.4. The van der Waals surface area contributed by atoms with Gasteiger partial charge in [0.15, 0.2) is 5.96 Å². The van der Waals surface area contributed by atoms with Crippen molar-refractivity contribution in [1.82, 2.24) is 15.2 Å². The van der Waals surface area contributed by atoms with Crippen molar-refractivity contribution in [1.29, 1.82) is 0 Å². The fourth-order valence-electron chi connectivity index (χ4n) is 2.92. The quantitative estimate of drug-likeness (QED) is 0.377. The summed E-state index contributed by atoms with van der Waals surface area (Å²) in [5.74, 6) is 1.43. The average molecular weight is 482 g/mol. The molecule has 0 aliphatic carbocycles. The van der Waals surface area contributed by atoms with Gasteiger partial charge in [-0.2, -0.15) is 0 Å². The normalized spacial score (nSPS) is 16.7. The fourth-order valence-corrected chi connectivity index (χ4v) is 2.92. The molecule has 0 saturated carbocycles. The van der Waals surface area contributed by atoms with Crippen LogP contribution in [0.3, 0.4) is 0 Å². The molecule has 1 aliphatic rings. The van der Waals surface area contributed by atoms with Gasteiger partial charge in [0, 0.05) is 31.4 Å². The molecule has 1 aromatic heterocycles. The van der Waals surface area contributed by atoms with E-state index in [1.807, 2.05) is 49.4 Å². The molecule has 0 radical (unpaired) electrons. The van der Waals surface area contributed by atoms with Crippen LogP contribution in [0.25, 0.3) is 0 Å². The molecule has 1 aromatic carbocycles. The third-order valence-corrected chi connectivity index (χ3v) is 4.27. The van der Waals surface area contributed by atoms with Gasteiger partial charge in [0.05, 0.1) is 12.6 Å². The van der Waals surface area contributed by atoms with Crippen molar-refractivity contribution in [2.75, 3.05) is 19.6 Å². The van der Waals surface area contributed by atoms with Crippen molar-refractivity contribution in [2.45, 2.75) is 32.6 Å². The lowest BCUT2D eigenvalue weighted by molar-refractivity contribution is 0.188. The summed E-state index contributed by atoms with van der Waals surface area (Å²) in [5.41, 5.74) is 2.05. The van der Waals surface area contributed by atoms with Crippen LogP contribution in [0.15, 0.2) is 53.7 Å². The molecule has 0 spiro atoms. The molecule has 2 N–H and O–H groups in total. The van der Waals surface area contributed by atoms with Crippen LogP contribution in [0.2, 0.25) is 0 Å². The van der Waals surface area contributed by atoms with Gasteiger partial charge >= 0.3 is 0 Å². The molecule has 0 bridgehead atoms. The van der Waals surface area contributed by atoms with Crippen molar-refractivity contribution < 1.29 is 9.84 Å². The summed E-state index contributed by atoms with van der Waals surface area (Å²) in [7, 11) is 0. The number of ether oxygens (including phenoxy) is 1. The number of pyridine rings is 1. The van der Waals surface area contributed by atoms with Crippen LogP contribution in [0.5, 0.6) is 5.88 Å². The lowest BCUT2D eigenvalue weighted by Crippen LogP contribution is -2.40. The zero-order valence-electron chi connectivity index (χ0n) is 15.5. The standard InChI is InChI=1S/C20H26N4O2.HI/c1-2-21-20(24-12-10-18(25)14-24)23-13-17-9-6-11-22-19(17)26-15-16-7-4-3-5-8-16;/h3-9,11,18,25H,2,10,12-15H2,1H3,(H,21,23);1H/t18-;/m1./s1. The molecule has 2 heterocycles. The molecule has 0 amide bonds. The number of halogens is 1. The number of benzene rings is 1. The monoisotopic (exact) mass is 482 g/mol. The number of aliphatic hydroxyl groups is 1. The Hall–Kier alpha value is -1.87. The zero-order chi connectivity index (χ0) is 18.2. The number of likely N-dealkylation sites (tertiary alicyclic amines) is 1. The maximum absolute atomic E-state index is 9.77. The molecule has 3 rings (SSSR count). The number of hydrogen-bond donors (Lipinski definition) is 2. The van der Waals surface area contributed by atoms with Crippen molar-refractivity contribution in [3.05, 3.63) is 59.8 Å². The highest BCUT2D eigenvalue weighted by Crippen LogP contribution is 2.18. The summed E-state index contributed by atoms with van der Waals surface area (Å²) >= 11 is 0. The van der Waals surface area contributed by atoms with Crippen molar-refractivity contribution in [2.24, 2.45) is 4.99 Å². The number of β-amino-alcohol motifs (C(OH)–C–C–N with tert-alkyl or cyclic N) is 1. The Labute approximate surface area is 177 Å². The van der Waals surface area contributed by atoms with E-state index in [9.17, 15) is 5.11 Å². The van der Waals surface area contributed by atoms with E-state index in [1.165, 1.54) is 0 Å². The third-order valence-electron chi connectivity index (χ3n) is 4.27. The van der Waals surface area contributed by atoms with E-state index in [-0.39, 0.29) is 30.1 Å². The van der Waals surface area contributed by atoms with Gasteiger partial charge in [-0.05, 0) is 25.0 Å². The molecule has 0 unspecified atom stereocenters. The second-order valence-electron chi connectivity index (χ2n) is 6.30. The minimum Gasteiger partial charge on any atom is -0.473 e. The van der Waals surface area contributed by atoms with Crippen LogP contribution in [-0.4, -0.2) is 46.7 Å². The lowest BCUT2D eigenvalue weighted by Gasteiger charge is -2.21. The minimum absolute atomic E-state index is 0. The number of hydrogen-bond acceptors (Lipinski definition) is 4. The predicted octanol–water partition coefficient (Wildman–Crippen LogP) is 2.81. The Morgan fingerprint density at radius 2 is 2.11 bits per heavy atom. The van der Waals surface area contributed by atoms with Crippen molar-refractivity contribution in [3.63, 3.8) is 0 Å². The van der Waals surface area contributed by atoms with E-state index < -0.39 is 0 Å². The summed E-state index contributed by atoms with van der Waals surface area (Å²) in [6, 6.07) is 13.9. The second-order valence-corrected chi connectivity index (χ2v) is 6.30. The molecular weight excluding hydrogens is 455 g/mol. The van der Waals surface area contributed by atoms with Crippen molar-refractivity contribution >= 4 is 29.9 Å². The third kappa shape index (κ3) is 6.35. The number of guanidine groups is 1. The van der Waals surface area contributed by atoms with Gasteiger partial charge in [0.2, 0.25) is 5.88 Å². The Bertz CT molecular complexity index is 727. The van der Waals surface area contributed by atoms with Gasteiger partial charge < -0.3 is 20.1 Å². The van der Waals surface area contributed by atoms with E-state index in [2.05, 4.69) is 15.2 Å². The highest BCUT2D eigenvalue weighted by molar-refractivity contribution is 14.0. The molecule has 27 heavy (non-hydrogen) atoms. The molecule has 2 aromatic rings. The number of rotatable bonds is 6. The van der Waals surface area contributed by atoms with Crippen LogP contribution in [0.1, 0.15) is 24.5 Å². The fraction of sp³-hybridized carbons (Fsp3) is 0.400. The largest absolute Gasteiger partial charge is 0.473 e. The minimum atomic E-state index is -0.276. The molecule has 7 heteroatoms. The van der Waals surface area contributed by atoms with Gasteiger partial charge in [0.25, 0.3) is 0 Å². The van der Waals surface area contributed by atoms with Crippen molar-refractivity contribution in [3.8, 4) is 5.88 Å². The summed E-state index contributed by atoms with van der Waals surface area (Å²) in [4.78, 5) is 11.2. The topological polar surface area (TPSA) is 70.0 Å². The summed E-state index contributed by atoms with van der Waals surface area (Å²) in [6.07, 6.45) is 2.24. The smallest absolute Gasteiger partial charge is 0.218 e. The zero-order valence-corrected chi connectivity index (χ0v) is 17.9. The SMILES string of the molecule is CCNC(=NCc1cccnc1OCc1ccccc1)N1CC[C@@H](O)C1.I. The van der Waals surface area contributed by atoms with Gasteiger partial charge in [-0.25, -0.2) is 9.98 Å². The molecule has 1 fully saturated rings. The van der Waals surface area contributed by atoms with Crippen LogP contribution in [0.4, 0.5) is 0 Å². The molecule has 1 saturated heterocycles. The maximum Gasteiger partial charge on any atom is 0.218 e. The Morgan fingerprint density at radius 1 is 1.30 bits per heavy atom. The first-order chi connectivity index (χ1) is 12.8.